The number of nitrogens with one attached hydrogen (secondary N) is 2. The molecule has 0 amide bonds. The van der Waals surface area contributed by atoms with Gasteiger partial charge in [-0.2, -0.15) is 8.75 Å². The van der Waals surface area contributed by atoms with Gasteiger partial charge in [-0.15, -0.1) is 22.7 Å². The molecule has 4 heterocycles. The summed E-state index contributed by atoms with van der Waals surface area (Å²) in [6.07, 6.45) is 32.5. The standard InChI is InChI=1S/C46H72N4S4/c1-7-11-15-19-20-24-28-36(27-23-18-14-10-4)30-38-32-40(52-34(38)6)42-45-43(47-53-49-45)41(44-46(42)50-54-48-44)39-31-37(33(5)51-39)29-35(25-21-16-12-8-2)26-22-17-13-9-3/h31-32,35-36,47,49H,7-30H2,1-6H3. The van der Waals surface area contributed by atoms with Crippen LogP contribution in [0.2, 0.25) is 0 Å². The maximum atomic E-state index is 5.03. The lowest BCUT2D eigenvalue weighted by atomic mass is 9.88. The van der Waals surface area contributed by atoms with Gasteiger partial charge in [-0.1, -0.05) is 169 Å². The van der Waals surface area contributed by atoms with Gasteiger partial charge in [-0.25, -0.2) is 0 Å². The van der Waals surface area contributed by atoms with Gasteiger partial charge in [0.2, 0.25) is 0 Å². The maximum absolute atomic E-state index is 5.03. The lowest BCUT2D eigenvalue weighted by molar-refractivity contribution is 0.402. The minimum absolute atomic E-state index is 0.780. The van der Waals surface area contributed by atoms with Gasteiger partial charge in [0, 0.05) is 30.6 Å². The van der Waals surface area contributed by atoms with E-state index >= 15 is 0 Å². The van der Waals surface area contributed by atoms with Gasteiger partial charge >= 0.3 is 0 Å². The molecule has 0 bridgehead atoms. The topological polar surface area (TPSA) is 49.8 Å². The molecule has 2 N–H and O–H groups in total. The van der Waals surface area contributed by atoms with Crippen LogP contribution in [-0.4, -0.2) is 8.75 Å². The predicted octanol–water partition coefficient (Wildman–Crippen LogP) is 17.1. The van der Waals surface area contributed by atoms with Crippen LogP contribution in [-0.2, 0) is 12.8 Å². The molecule has 3 aromatic heterocycles. The van der Waals surface area contributed by atoms with Crippen LogP contribution in [0.4, 0.5) is 11.4 Å². The van der Waals surface area contributed by atoms with Gasteiger partial charge in [-0.05, 0) is 61.8 Å². The lowest BCUT2D eigenvalue weighted by Gasteiger charge is -2.17. The van der Waals surface area contributed by atoms with Crippen LogP contribution >= 0.6 is 46.5 Å². The van der Waals surface area contributed by atoms with E-state index in [1.54, 1.807) is 23.3 Å². The Morgan fingerprint density at radius 3 is 1.24 bits per heavy atom. The van der Waals surface area contributed by atoms with Crippen LogP contribution in [0, 0.1) is 25.7 Å². The number of unbranched alkanes of at least 4 members (excludes halogenated alkanes) is 14. The third kappa shape index (κ3) is 12.2. The normalized spacial score (nSPS) is 13.2. The zero-order valence-corrected chi connectivity index (χ0v) is 38.1. The van der Waals surface area contributed by atoms with Crippen molar-refractivity contribution in [3.8, 4) is 20.9 Å². The van der Waals surface area contributed by atoms with E-state index in [1.165, 1.54) is 208 Å². The molecule has 54 heavy (non-hydrogen) atoms. The van der Waals surface area contributed by atoms with E-state index in [0.717, 1.165) is 22.9 Å². The highest BCUT2D eigenvalue weighted by Crippen LogP contribution is 2.54. The molecule has 0 radical (unpaired) electrons. The second-order valence-corrected chi connectivity index (χ2v) is 20.0. The number of aryl methyl sites for hydroxylation is 2. The summed E-state index contributed by atoms with van der Waals surface area (Å²) in [5.41, 5.74) is 10.0. The van der Waals surface area contributed by atoms with Crippen LogP contribution in [0.3, 0.4) is 0 Å². The molecule has 1 aromatic carbocycles. The number of hydrogen-bond donors (Lipinski definition) is 2. The molecule has 0 spiro atoms. The first kappa shape index (κ1) is 43.5. The summed E-state index contributed by atoms with van der Waals surface area (Å²) < 4.78 is 17.4. The fourth-order valence-electron chi connectivity index (χ4n) is 8.62. The van der Waals surface area contributed by atoms with Crippen LogP contribution < -0.4 is 9.44 Å². The van der Waals surface area contributed by atoms with Gasteiger partial charge in [0.15, 0.2) is 0 Å². The number of thiophene rings is 2. The van der Waals surface area contributed by atoms with Crippen LogP contribution in [0.1, 0.15) is 190 Å². The minimum Gasteiger partial charge on any atom is -0.309 e. The number of nitrogens with zero attached hydrogens (tertiary/aromatic N) is 2. The molecular weight excluding hydrogens is 737 g/mol. The highest BCUT2D eigenvalue weighted by Gasteiger charge is 2.30. The Bertz CT molecular complexity index is 1660. The van der Waals surface area contributed by atoms with Crippen molar-refractivity contribution in [2.24, 2.45) is 11.8 Å². The van der Waals surface area contributed by atoms with Gasteiger partial charge < -0.3 is 9.44 Å². The second-order valence-electron chi connectivity index (χ2n) is 16.4. The molecular formula is C46H72N4S4. The molecule has 0 fully saturated rings. The lowest BCUT2D eigenvalue weighted by Crippen LogP contribution is -2.05. The van der Waals surface area contributed by atoms with Crippen LogP contribution in [0.5, 0.6) is 0 Å². The molecule has 0 saturated heterocycles. The average Bonchev–Trinajstić information content (AvgIpc) is 3.99. The number of rotatable bonds is 28. The zero-order chi connectivity index (χ0) is 38.1. The van der Waals surface area contributed by atoms with Crippen molar-refractivity contribution >= 4 is 68.9 Å². The van der Waals surface area contributed by atoms with Crippen LogP contribution in [0.25, 0.3) is 31.9 Å². The second kappa shape index (κ2) is 23.6. The quantitative estimate of drug-likeness (QED) is 0.0442. The largest absolute Gasteiger partial charge is 0.309 e. The van der Waals surface area contributed by atoms with Crippen molar-refractivity contribution in [1.29, 1.82) is 0 Å². The van der Waals surface area contributed by atoms with Gasteiger partial charge in [0.1, 0.15) is 11.0 Å². The van der Waals surface area contributed by atoms with E-state index in [4.69, 9.17) is 8.75 Å². The van der Waals surface area contributed by atoms with Crippen molar-refractivity contribution in [3.05, 3.63) is 33.0 Å². The Morgan fingerprint density at radius 2 is 0.852 bits per heavy atom. The third-order valence-electron chi connectivity index (χ3n) is 11.9. The summed E-state index contributed by atoms with van der Waals surface area (Å²) in [4.78, 5) is 5.60. The van der Waals surface area contributed by atoms with E-state index in [2.05, 4.69) is 63.1 Å². The third-order valence-corrected chi connectivity index (χ3v) is 15.3. The summed E-state index contributed by atoms with van der Waals surface area (Å²) in [7, 11) is 0. The average molecular weight is 809 g/mol. The highest BCUT2D eigenvalue weighted by molar-refractivity contribution is 8.02. The number of aromatic nitrogens is 2. The first-order valence-corrected chi connectivity index (χ1v) is 25.4. The van der Waals surface area contributed by atoms with Crippen molar-refractivity contribution < 1.29 is 0 Å². The first-order valence-electron chi connectivity index (χ1n) is 22.2. The Balaban J connectivity index is 1.39. The molecule has 5 rings (SSSR count). The van der Waals surface area contributed by atoms with Gasteiger partial charge in [0.05, 0.1) is 35.2 Å². The predicted molar refractivity (Wildman–Crippen MR) is 247 cm³/mol. The summed E-state index contributed by atoms with van der Waals surface area (Å²) >= 11 is 6.87. The minimum atomic E-state index is 0.780. The van der Waals surface area contributed by atoms with E-state index in [1.807, 2.05) is 22.7 Å². The molecule has 4 aromatic rings. The molecule has 1 atom stereocenters. The van der Waals surface area contributed by atoms with Crippen molar-refractivity contribution in [1.82, 2.24) is 8.75 Å². The number of benzene rings is 1. The molecule has 1 unspecified atom stereocenters. The molecule has 0 saturated carbocycles. The van der Waals surface area contributed by atoms with E-state index < -0.39 is 0 Å². The molecule has 1 aliphatic heterocycles. The van der Waals surface area contributed by atoms with Crippen molar-refractivity contribution in [3.63, 3.8) is 0 Å². The number of fused-ring (bicyclic) bond motifs is 2. The SMILES string of the molecule is CCCCCCCCC(CCCCCC)Cc1cc(-c2c3c(c(-c4cc(CC(CCCCCC)CCCCCC)c(C)s4)c4nsnc24)NSN3)sc1C. The van der Waals surface area contributed by atoms with Crippen LogP contribution in [0.15, 0.2) is 12.1 Å². The summed E-state index contributed by atoms with van der Waals surface area (Å²) in [5, 5.41) is 0. The fourth-order valence-corrected chi connectivity index (χ4v) is 12.1. The highest BCUT2D eigenvalue weighted by atomic mass is 32.2. The Morgan fingerprint density at radius 1 is 0.500 bits per heavy atom. The number of hydrogen-bond acceptors (Lipinski definition) is 8. The zero-order valence-electron chi connectivity index (χ0n) is 34.8. The summed E-state index contributed by atoms with van der Waals surface area (Å²) in [6, 6.07) is 5.04. The maximum Gasteiger partial charge on any atom is 0.116 e. The Hall–Kier alpha value is -1.61. The Kier molecular flexibility index (Phi) is 19.0. The van der Waals surface area contributed by atoms with Gasteiger partial charge in [0.25, 0.3) is 0 Å². The molecule has 8 heteroatoms. The number of anilines is 2. The van der Waals surface area contributed by atoms with E-state index in [-0.39, 0.29) is 0 Å². The van der Waals surface area contributed by atoms with Crippen molar-refractivity contribution in [2.45, 2.75) is 196 Å². The van der Waals surface area contributed by atoms with E-state index in [0.29, 0.717) is 0 Å². The first-order chi connectivity index (χ1) is 26.5. The monoisotopic (exact) mass is 808 g/mol. The summed E-state index contributed by atoms with van der Waals surface area (Å²) in [6.45, 7) is 14.0. The van der Waals surface area contributed by atoms with Gasteiger partial charge in [-0.3, -0.25) is 0 Å². The molecule has 1 aliphatic rings. The molecule has 0 aliphatic carbocycles. The molecule has 300 valence electrons. The summed E-state index contributed by atoms with van der Waals surface area (Å²) in [5.74, 6) is 1.56. The van der Waals surface area contributed by atoms with E-state index in [9.17, 15) is 0 Å². The van der Waals surface area contributed by atoms with Crippen molar-refractivity contribution in [2.75, 3.05) is 9.44 Å². The smallest absolute Gasteiger partial charge is 0.116 e. The Labute approximate surface area is 346 Å². The fraction of sp³-hybridized carbons (Fsp3) is 0.696. The molecule has 4 nitrogen and oxygen atoms in total.